The van der Waals surface area contributed by atoms with Gasteiger partial charge >= 0.3 is 0 Å². The van der Waals surface area contributed by atoms with Crippen LogP contribution in [0.25, 0.3) is 0 Å². The summed E-state index contributed by atoms with van der Waals surface area (Å²) in [6.07, 6.45) is 1.62. The van der Waals surface area contributed by atoms with E-state index in [-0.39, 0.29) is 18.0 Å². The lowest BCUT2D eigenvalue weighted by atomic mass is 10.00. The van der Waals surface area contributed by atoms with Crippen LogP contribution in [0, 0.1) is 0 Å². The maximum Gasteiger partial charge on any atom is 0.227 e. The normalized spacial score (nSPS) is 20.6. The Morgan fingerprint density at radius 2 is 2.25 bits per heavy atom. The van der Waals surface area contributed by atoms with Crippen molar-refractivity contribution in [2.45, 2.75) is 58.2 Å². The van der Waals surface area contributed by atoms with Gasteiger partial charge in [-0.1, -0.05) is 19.1 Å². The topological polar surface area (TPSA) is 66.6 Å². The summed E-state index contributed by atoms with van der Waals surface area (Å²) in [6.45, 7) is 5.87. The van der Waals surface area contributed by atoms with Gasteiger partial charge in [-0.2, -0.15) is 0 Å². The van der Waals surface area contributed by atoms with E-state index in [1.165, 1.54) is 0 Å². The smallest absolute Gasteiger partial charge is 0.227 e. The molecule has 4 heteroatoms. The third-order valence-corrected chi connectivity index (χ3v) is 3.89. The van der Waals surface area contributed by atoms with Crippen molar-refractivity contribution in [1.29, 1.82) is 0 Å². The Bertz CT molecular complexity index is 499. The molecule has 0 spiro atoms. The van der Waals surface area contributed by atoms with Crippen LogP contribution in [0.1, 0.15) is 50.8 Å². The van der Waals surface area contributed by atoms with Gasteiger partial charge in [0.15, 0.2) is 0 Å². The van der Waals surface area contributed by atoms with Crippen LogP contribution in [-0.2, 0) is 11.2 Å². The first-order valence-electron chi connectivity index (χ1n) is 7.34. The van der Waals surface area contributed by atoms with Crippen molar-refractivity contribution < 1.29 is 9.90 Å². The van der Waals surface area contributed by atoms with Crippen molar-refractivity contribution in [2.75, 3.05) is 4.90 Å². The van der Waals surface area contributed by atoms with E-state index >= 15 is 0 Å². The summed E-state index contributed by atoms with van der Waals surface area (Å²) in [7, 11) is 0. The van der Waals surface area contributed by atoms with Gasteiger partial charge in [-0.05, 0) is 43.9 Å². The van der Waals surface area contributed by atoms with Crippen molar-refractivity contribution in [3.05, 3.63) is 29.3 Å². The molecule has 0 bridgehead atoms. The van der Waals surface area contributed by atoms with Crippen LogP contribution in [0.5, 0.6) is 0 Å². The molecule has 2 rings (SSSR count). The molecule has 4 nitrogen and oxygen atoms in total. The van der Waals surface area contributed by atoms with Crippen LogP contribution in [0.15, 0.2) is 18.2 Å². The summed E-state index contributed by atoms with van der Waals surface area (Å²) in [5.41, 5.74) is 8.68. The Kier molecular flexibility index (Phi) is 4.45. The predicted molar refractivity (Wildman–Crippen MR) is 80.6 cm³/mol. The van der Waals surface area contributed by atoms with E-state index < -0.39 is 6.10 Å². The molecule has 1 aliphatic rings. The molecule has 0 saturated heterocycles. The molecule has 1 aliphatic heterocycles. The number of nitrogens with two attached hydrogens (primary N) is 1. The Morgan fingerprint density at radius 3 is 2.85 bits per heavy atom. The average Bonchev–Trinajstić information content (AvgIpc) is 2.72. The molecule has 20 heavy (non-hydrogen) atoms. The summed E-state index contributed by atoms with van der Waals surface area (Å²) in [5, 5.41) is 10.0. The number of amides is 1. The van der Waals surface area contributed by atoms with E-state index in [1.807, 2.05) is 30.0 Å². The van der Waals surface area contributed by atoms with Gasteiger partial charge in [0.25, 0.3) is 0 Å². The largest absolute Gasteiger partial charge is 0.387 e. The quantitative estimate of drug-likeness (QED) is 0.885. The maximum atomic E-state index is 12.2. The number of carbonyl (C=O) groups is 1. The minimum absolute atomic E-state index is 0.180. The molecule has 3 N–H and O–H groups in total. The molecule has 0 aliphatic carbocycles. The van der Waals surface area contributed by atoms with Crippen LogP contribution in [-0.4, -0.2) is 23.1 Å². The molecule has 0 aromatic heterocycles. The maximum absolute atomic E-state index is 12.2. The van der Waals surface area contributed by atoms with Gasteiger partial charge in [0, 0.05) is 24.2 Å². The van der Waals surface area contributed by atoms with Gasteiger partial charge in [-0.15, -0.1) is 0 Å². The Balaban J connectivity index is 2.30. The number of rotatable bonds is 4. The zero-order chi connectivity index (χ0) is 14.9. The SMILES string of the molecule is CCCC(=O)N1c2ccc(C(O)C(C)N)cc2CC1C. The number of hydrogen-bond acceptors (Lipinski definition) is 3. The number of nitrogens with zero attached hydrogens (tertiary/aromatic N) is 1. The molecule has 0 fully saturated rings. The third kappa shape index (κ3) is 2.72. The fourth-order valence-corrected chi connectivity index (χ4v) is 2.85. The first kappa shape index (κ1) is 15.0. The molecule has 1 heterocycles. The van der Waals surface area contributed by atoms with E-state index in [1.54, 1.807) is 6.92 Å². The lowest BCUT2D eigenvalue weighted by Gasteiger charge is -2.23. The molecular formula is C16H24N2O2. The molecule has 3 unspecified atom stereocenters. The Labute approximate surface area is 120 Å². The molecule has 110 valence electrons. The predicted octanol–water partition coefficient (Wildman–Crippen LogP) is 2.14. The highest BCUT2D eigenvalue weighted by Crippen LogP contribution is 2.35. The fourth-order valence-electron chi connectivity index (χ4n) is 2.85. The van der Waals surface area contributed by atoms with Crippen LogP contribution >= 0.6 is 0 Å². The zero-order valence-corrected chi connectivity index (χ0v) is 12.5. The number of carbonyl (C=O) groups excluding carboxylic acids is 1. The van der Waals surface area contributed by atoms with Crippen molar-refractivity contribution in [2.24, 2.45) is 5.73 Å². The van der Waals surface area contributed by atoms with Gasteiger partial charge in [0.1, 0.15) is 0 Å². The fraction of sp³-hybridized carbons (Fsp3) is 0.562. The standard InChI is InChI=1S/C16H24N2O2/c1-4-5-15(19)18-10(2)8-13-9-12(6-7-14(13)18)16(20)11(3)17/h6-7,9-11,16,20H,4-5,8,17H2,1-3H3. The zero-order valence-electron chi connectivity index (χ0n) is 12.5. The summed E-state index contributed by atoms with van der Waals surface area (Å²) in [6, 6.07) is 5.68. The van der Waals surface area contributed by atoms with Crippen LogP contribution in [0.3, 0.4) is 0 Å². The van der Waals surface area contributed by atoms with Gasteiger partial charge in [-0.25, -0.2) is 0 Å². The first-order chi connectivity index (χ1) is 9.45. The molecule has 1 aromatic carbocycles. The summed E-state index contributed by atoms with van der Waals surface area (Å²) >= 11 is 0. The number of anilines is 1. The van der Waals surface area contributed by atoms with E-state index in [0.717, 1.165) is 29.7 Å². The minimum atomic E-state index is -0.656. The van der Waals surface area contributed by atoms with E-state index in [4.69, 9.17) is 5.73 Å². The highest BCUT2D eigenvalue weighted by Gasteiger charge is 2.30. The summed E-state index contributed by atoms with van der Waals surface area (Å²) in [5.74, 6) is 0.180. The van der Waals surface area contributed by atoms with Gasteiger partial charge in [-0.3, -0.25) is 4.79 Å². The molecular weight excluding hydrogens is 252 g/mol. The monoisotopic (exact) mass is 276 g/mol. The van der Waals surface area contributed by atoms with Crippen molar-refractivity contribution in [3.8, 4) is 0 Å². The van der Waals surface area contributed by atoms with Crippen molar-refractivity contribution in [3.63, 3.8) is 0 Å². The minimum Gasteiger partial charge on any atom is -0.387 e. The summed E-state index contributed by atoms with van der Waals surface area (Å²) < 4.78 is 0. The lowest BCUT2D eigenvalue weighted by molar-refractivity contribution is -0.118. The molecule has 3 atom stereocenters. The third-order valence-electron chi connectivity index (χ3n) is 3.89. The lowest BCUT2D eigenvalue weighted by Crippen LogP contribution is -2.35. The average molecular weight is 276 g/mol. The number of benzene rings is 1. The molecule has 1 aromatic rings. The molecule has 1 amide bonds. The number of hydrogen-bond donors (Lipinski definition) is 2. The number of aliphatic hydroxyl groups is 1. The van der Waals surface area contributed by atoms with Gasteiger partial charge in [0.2, 0.25) is 5.91 Å². The van der Waals surface area contributed by atoms with E-state index in [0.29, 0.717) is 6.42 Å². The van der Waals surface area contributed by atoms with Crippen LogP contribution in [0.4, 0.5) is 5.69 Å². The van der Waals surface area contributed by atoms with Gasteiger partial charge < -0.3 is 15.7 Å². The number of aliphatic hydroxyl groups excluding tert-OH is 1. The second kappa shape index (κ2) is 5.94. The second-order valence-corrected chi connectivity index (χ2v) is 5.76. The van der Waals surface area contributed by atoms with E-state index in [9.17, 15) is 9.90 Å². The number of fused-ring (bicyclic) bond motifs is 1. The highest BCUT2D eigenvalue weighted by molar-refractivity contribution is 5.96. The second-order valence-electron chi connectivity index (χ2n) is 5.76. The van der Waals surface area contributed by atoms with Crippen LogP contribution < -0.4 is 10.6 Å². The molecule has 0 radical (unpaired) electrons. The Morgan fingerprint density at radius 1 is 1.55 bits per heavy atom. The Hall–Kier alpha value is -1.39. The summed E-state index contributed by atoms with van der Waals surface area (Å²) in [4.78, 5) is 14.1. The van der Waals surface area contributed by atoms with Gasteiger partial charge in [0.05, 0.1) is 6.10 Å². The van der Waals surface area contributed by atoms with Crippen molar-refractivity contribution in [1.82, 2.24) is 0 Å². The molecule has 0 saturated carbocycles. The first-order valence-corrected chi connectivity index (χ1v) is 7.34. The van der Waals surface area contributed by atoms with Crippen molar-refractivity contribution >= 4 is 11.6 Å². The van der Waals surface area contributed by atoms with E-state index in [2.05, 4.69) is 6.92 Å². The highest BCUT2D eigenvalue weighted by atomic mass is 16.3. The van der Waals surface area contributed by atoms with Crippen LogP contribution in [0.2, 0.25) is 0 Å².